The summed E-state index contributed by atoms with van der Waals surface area (Å²) >= 11 is 5.94. The average molecular weight is 334 g/mol. The SMILES string of the molecule is Cc1cc(N)n2ncc(C(=O)NCc3c(F)cccc3Cl)c2n1. The summed E-state index contributed by atoms with van der Waals surface area (Å²) in [6.07, 6.45) is 1.37. The average Bonchev–Trinajstić information content (AvgIpc) is 2.90. The van der Waals surface area contributed by atoms with Crippen molar-refractivity contribution in [3.05, 3.63) is 58.1 Å². The van der Waals surface area contributed by atoms with E-state index in [1.807, 2.05) is 0 Å². The fraction of sp³-hybridized carbons (Fsp3) is 0.133. The van der Waals surface area contributed by atoms with E-state index >= 15 is 0 Å². The zero-order valence-corrected chi connectivity index (χ0v) is 12.9. The van der Waals surface area contributed by atoms with Crippen LogP contribution in [-0.4, -0.2) is 20.5 Å². The van der Waals surface area contributed by atoms with E-state index in [9.17, 15) is 9.18 Å². The number of aryl methyl sites for hydroxylation is 1. The minimum Gasteiger partial charge on any atom is -0.384 e. The molecular weight excluding hydrogens is 321 g/mol. The lowest BCUT2D eigenvalue weighted by atomic mass is 10.2. The second-order valence-corrected chi connectivity index (χ2v) is 5.41. The van der Waals surface area contributed by atoms with Crippen LogP contribution in [0, 0.1) is 12.7 Å². The summed E-state index contributed by atoms with van der Waals surface area (Å²) in [5.74, 6) is -0.531. The van der Waals surface area contributed by atoms with E-state index in [4.69, 9.17) is 17.3 Å². The summed E-state index contributed by atoms with van der Waals surface area (Å²) in [4.78, 5) is 16.6. The molecule has 2 aromatic heterocycles. The van der Waals surface area contributed by atoms with Crippen LogP contribution in [0.15, 0.2) is 30.5 Å². The third kappa shape index (κ3) is 2.83. The number of benzene rings is 1. The predicted molar refractivity (Wildman–Crippen MR) is 84.7 cm³/mol. The molecule has 0 radical (unpaired) electrons. The summed E-state index contributed by atoms with van der Waals surface area (Å²) in [6, 6.07) is 6.01. The number of nitrogens with zero attached hydrogens (tertiary/aromatic N) is 3. The Balaban J connectivity index is 1.87. The third-order valence-electron chi connectivity index (χ3n) is 3.36. The molecule has 3 N–H and O–H groups in total. The van der Waals surface area contributed by atoms with Crippen molar-refractivity contribution in [2.45, 2.75) is 13.5 Å². The monoisotopic (exact) mass is 333 g/mol. The van der Waals surface area contributed by atoms with Gasteiger partial charge in [0, 0.05) is 28.9 Å². The second-order valence-electron chi connectivity index (χ2n) is 5.00. The lowest BCUT2D eigenvalue weighted by Gasteiger charge is -2.07. The van der Waals surface area contributed by atoms with E-state index in [0.29, 0.717) is 17.2 Å². The van der Waals surface area contributed by atoms with Gasteiger partial charge >= 0.3 is 0 Å². The van der Waals surface area contributed by atoms with E-state index in [1.165, 1.54) is 22.8 Å². The molecular formula is C15H13ClFN5O. The molecule has 0 aliphatic heterocycles. The highest BCUT2D eigenvalue weighted by Crippen LogP contribution is 2.19. The molecule has 0 unspecified atom stereocenters. The Morgan fingerprint density at radius 3 is 3.00 bits per heavy atom. The van der Waals surface area contributed by atoms with Gasteiger partial charge in [-0.15, -0.1) is 0 Å². The van der Waals surface area contributed by atoms with Gasteiger partial charge in [0.05, 0.1) is 6.20 Å². The Morgan fingerprint density at radius 2 is 2.26 bits per heavy atom. The molecule has 0 fully saturated rings. The summed E-state index contributed by atoms with van der Waals surface area (Å²) in [5, 5.41) is 6.91. The van der Waals surface area contributed by atoms with Crippen molar-refractivity contribution in [2.24, 2.45) is 0 Å². The maximum absolute atomic E-state index is 13.7. The summed E-state index contributed by atoms with van der Waals surface area (Å²) < 4.78 is 15.1. The van der Waals surface area contributed by atoms with Crippen LogP contribution >= 0.6 is 11.6 Å². The number of nitrogens with one attached hydrogen (secondary N) is 1. The van der Waals surface area contributed by atoms with Crippen LogP contribution in [0.4, 0.5) is 10.2 Å². The number of aromatic nitrogens is 3. The molecule has 0 atom stereocenters. The van der Waals surface area contributed by atoms with Gasteiger partial charge in [-0.05, 0) is 19.1 Å². The Morgan fingerprint density at radius 1 is 1.48 bits per heavy atom. The molecule has 0 aliphatic carbocycles. The molecule has 118 valence electrons. The number of amides is 1. The molecule has 6 nitrogen and oxygen atoms in total. The predicted octanol–water partition coefficient (Wildman–Crippen LogP) is 2.34. The van der Waals surface area contributed by atoms with Gasteiger partial charge in [0.15, 0.2) is 5.65 Å². The zero-order chi connectivity index (χ0) is 16.6. The Hall–Kier alpha value is -2.67. The fourth-order valence-corrected chi connectivity index (χ4v) is 2.47. The van der Waals surface area contributed by atoms with Crippen LogP contribution in [-0.2, 0) is 6.54 Å². The molecule has 2 heterocycles. The van der Waals surface area contributed by atoms with Gasteiger partial charge in [0.2, 0.25) is 0 Å². The Kier molecular flexibility index (Phi) is 3.87. The topological polar surface area (TPSA) is 85.3 Å². The number of carbonyl (C=O) groups is 1. The number of hydrogen-bond donors (Lipinski definition) is 2. The molecule has 0 bridgehead atoms. The number of carbonyl (C=O) groups excluding carboxylic acids is 1. The van der Waals surface area contributed by atoms with E-state index in [0.717, 1.165) is 0 Å². The van der Waals surface area contributed by atoms with Gasteiger partial charge in [-0.3, -0.25) is 4.79 Å². The normalized spacial score (nSPS) is 10.9. The van der Waals surface area contributed by atoms with Crippen LogP contribution in [0.3, 0.4) is 0 Å². The lowest BCUT2D eigenvalue weighted by molar-refractivity contribution is 0.0952. The smallest absolute Gasteiger partial charge is 0.257 e. The largest absolute Gasteiger partial charge is 0.384 e. The van der Waals surface area contributed by atoms with Gasteiger partial charge in [-0.1, -0.05) is 17.7 Å². The van der Waals surface area contributed by atoms with E-state index in [-0.39, 0.29) is 22.7 Å². The lowest BCUT2D eigenvalue weighted by Crippen LogP contribution is -2.23. The van der Waals surface area contributed by atoms with Crippen LogP contribution in [0.25, 0.3) is 5.65 Å². The third-order valence-corrected chi connectivity index (χ3v) is 3.71. The molecule has 0 saturated carbocycles. The van der Waals surface area contributed by atoms with Crippen molar-refractivity contribution in [1.29, 1.82) is 0 Å². The number of rotatable bonds is 3. The number of hydrogen-bond acceptors (Lipinski definition) is 4. The molecule has 0 saturated heterocycles. The van der Waals surface area contributed by atoms with Gasteiger partial charge < -0.3 is 11.1 Å². The van der Waals surface area contributed by atoms with Gasteiger partial charge in [0.25, 0.3) is 5.91 Å². The molecule has 1 amide bonds. The van der Waals surface area contributed by atoms with E-state index in [1.54, 1.807) is 19.1 Å². The number of anilines is 1. The fourth-order valence-electron chi connectivity index (χ4n) is 2.24. The van der Waals surface area contributed by atoms with Crippen molar-refractivity contribution in [3.63, 3.8) is 0 Å². The molecule has 23 heavy (non-hydrogen) atoms. The first-order chi connectivity index (χ1) is 11.0. The van der Waals surface area contributed by atoms with Crippen molar-refractivity contribution >= 4 is 29.0 Å². The van der Waals surface area contributed by atoms with Crippen LogP contribution in [0.2, 0.25) is 5.02 Å². The van der Waals surface area contributed by atoms with Crippen molar-refractivity contribution in [1.82, 2.24) is 19.9 Å². The number of nitrogen functional groups attached to an aromatic ring is 1. The molecule has 8 heteroatoms. The van der Waals surface area contributed by atoms with Crippen molar-refractivity contribution in [3.8, 4) is 0 Å². The maximum atomic E-state index is 13.7. The summed E-state index contributed by atoms with van der Waals surface area (Å²) in [6.45, 7) is 1.73. The molecule has 1 aromatic carbocycles. The van der Waals surface area contributed by atoms with Gasteiger partial charge in [0.1, 0.15) is 17.2 Å². The molecule has 3 rings (SSSR count). The number of halogens is 2. The Labute approximate surface area is 136 Å². The number of nitrogens with two attached hydrogens (primary N) is 1. The minimum atomic E-state index is -0.476. The summed E-state index contributed by atoms with van der Waals surface area (Å²) in [7, 11) is 0. The zero-order valence-electron chi connectivity index (χ0n) is 12.2. The van der Waals surface area contributed by atoms with Crippen LogP contribution in [0.5, 0.6) is 0 Å². The molecule has 0 aliphatic rings. The summed E-state index contributed by atoms with van der Waals surface area (Å²) in [5.41, 5.74) is 7.33. The van der Waals surface area contributed by atoms with Crippen LogP contribution in [0.1, 0.15) is 21.6 Å². The van der Waals surface area contributed by atoms with E-state index < -0.39 is 11.7 Å². The van der Waals surface area contributed by atoms with Gasteiger partial charge in [-0.2, -0.15) is 9.61 Å². The first kappa shape index (κ1) is 15.2. The quantitative estimate of drug-likeness (QED) is 0.770. The second kappa shape index (κ2) is 5.85. The standard InChI is InChI=1S/C15H13ClFN5O/c1-8-5-13(18)22-14(21-8)10(7-20-22)15(23)19-6-9-11(16)3-2-4-12(9)17/h2-5,7H,6,18H2,1H3,(H,19,23). The highest BCUT2D eigenvalue weighted by molar-refractivity contribution is 6.31. The highest BCUT2D eigenvalue weighted by Gasteiger charge is 2.16. The Bertz CT molecular complexity index is 888. The first-order valence-corrected chi connectivity index (χ1v) is 7.17. The van der Waals surface area contributed by atoms with Crippen molar-refractivity contribution in [2.75, 3.05) is 5.73 Å². The molecule has 3 aromatic rings. The minimum absolute atomic E-state index is 0.0387. The van der Waals surface area contributed by atoms with Crippen LogP contribution < -0.4 is 11.1 Å². The first-order valence-electron chi connectivity index (χ1n) is 6.79. The van der Waals surface area contributed by atoms with Crippen molar-refractivity contribution < 1.29 is 9.18 Å². The van der Waals surface area contributed by atoms with Gasteiger partial charge in [-0.25, -0.2) is 9.37 Å². The highest BCUT2D eigenvalue weighted by atomic mass is 35.5. The molecule has 0 spiro atoms. The maximum Gasteiger partial charge on any atom is 0.257 e. The van der Waals surface area contributed by atoms with E-state index in [2.05, 4.69) is 15.4 Å². The number of fused-ring (bicyclic) bond motifs is 1.